The van der Waals surface area contributed by atoms with Crippen molar-refractivity contribution in [2.75, 3.05) is 26.1 Å². The lowest BCUT2D eigenvalue weighted by Crippen LogP contribution is -2.49. The molecule has 2 amide bonds. The van der Waals surface area contributed by atoms with Gasteiger partial charge in [-0.25, -0.2) is 0 Å². The lowest BCUT2D eigenvalue weighted by atomic mass is 10.2. The van der Waals surface area contributed by atoms with E-state index in [-0.39, 0.29) is 24.4 Å². The van der Waals surface area contributed by atoms with E-state index in [0.29, 0.717) is 5.75 Å². The van der Waals surface area contributed by atoms with Gasteiger partial charge in [-0.2, -0.15) is 0 Å². The van der Waals surface area contributed by atoms with Crippen LogP contribution in [0.1, 0.15) is 0 Å². The van der Waals surface area contributed by atoms with Gasteiger partial charge in [0.1, 0.15) is 6.04 Å². The average Bonchev–Trinajstić information content (AvgIpc) is 2.64. The number of aliphatic hydroxyl groups is 1. The molecule has 0 saturated carbocycles. The van der Waals surface area contributed by atoms with Crippen molar-refractivity contribution in [1.82, 2.24) is 10.6 Å². The molecule has 1 rings (SSSR count). The Morgan fingerprint density at radius 2 is 2.60 bits per heavy atom. The predicted molar refractivity (Wildman–Crippen MR) is 55.7 cm³/mol. The van der Waals surface area contributed by atoms with E-state index in [0.717, 1.165) is 11.8 Å². The van der Waals surface area contributed by atoms with Crippen LogP contribution in [0, 0.1) is 0 Å². The van der Waals surface area contributed by atoms with E-state index in [1.165, 1.54) is 7.11 Å². The van der Waals surface area contributed by atoms with E-state index in [1.54, 1.807) is 0 Å². The number of aliphatic hydroxyl groups excluding tert-OH is 1. The fourth-order valence-electron chi connectivity index (χ4n) is 1.17. The molecule has 1 aliphatic heterocycles. The van der Waals surface area contributed by atoms with Crippen molar-refractivity contribution < 1.29 is 19.4 Å². The van der Waals surface area contributed by atoms with Gasteiger partial charge in [-0.3, -0.25) is 9.59 Å². The molecular formula is C8H14N2O4S. The van der Waals surface area contributed by atoms with Gasteiger partial charge in [0.15, 0.2) is 0 Å². The third kappa shape index (κ3) is 3.69. The molecule has 1 fully saturated rings. The number of ether oxygens (including phenoxy) is 1. The van der Waals surface area contributed by atoms with Gasteiger partial charge in [0.2, 0.25) is 5.91 Å². The first-order valence-electron chi connectivity index (χ1n) is 4.50. The molecule has 1 heterocycles. The van der Waals surface area contributed by atoms with Crippen LogP contribution in [0.2, 0.25) is 0 Å². The zero-order valence-electron chi connectivity index (χ0n) is 8.36. The van der Waals surface area contributed by atoms with Gasteiger partial charge in [-0.15, -0.1) is 0 Å². The second-order valence-electron chi connectivity index (χ2n) is 3.14. The third-order valence-electron chi connectivity index (χ3n) is 1.92. The van der Waals surface area contributed by atoms with Gasteiger partial charge in [0.05, 0.1) is 19.3 Å². The molecule has 6 nitrogen and oxygen atoms in total. The normalized spacial score (nSPS) is 22.3. The first-order valence-corrected chi connectivity index (χ1v) is 5.49. The van der Waals surface area contributed by atoms with Gasteiger partial charge >= 0.3 is 0 Å². The fourth-order valence-corrected chi connectivity index (χ4v) is 1.95. The van der Waals surface area contributed by atoms with Crippen LogP contribution in [0.5, 0.6) is 0 Å². The SMILES string of the molecule is COCC(CO)NC(=O)C1CSC(=O)N1. The monoisotopic (exact) mass is 234 g/mol. The minimum absolute atomic E-state index is 0.187. The quantitative estimate of drug-likeness (QED) is 0.564. The van der Waals surface area contributed by atoms with Gasteiger partial charge in [0, 0.05) is 12.9 Å². The van der Waals surface area contributed by atoms with Gasteiger partial charge < -0.3 is 20.5 Å². The van der Waals surface area contributed by atoms with E-state index in [1.807, 2.05) is 0 Å². The number of hydrogen-bond donors (Lipinski definition) is 3. The first kappa shape index (κ1) is 12.3. The topological polar surface area (TPSA) is 87.7 Å². The summed E-state index contributed by atoms with van der Waals surface area (Å²) < 4.78 is 4.81. The van der Waals surface area contributed by atoms with Crippen LogP contribution in [0.25, 0.3) is 0 Å². The molecule has 3 N–H and O–H groups in total. The number of nitrogens with one attached hydrogen (secondary N) is 2. The highest BCUT2D eigenvalue weighted by molar-refractivity contribution is 8.14. The zero-order chi connectivity index (χ0) is 11.3. The van der Waals surface area contributed by atoms with Crippen LogP contribution >= 0.6 is 11.8 Å². The Labute approximate surface area is 91.7 Å². The maximum absolute atomic E-state index is 11.5. The van der Waals surface area contributed by atoms with Crippen molar-refractivity contribution in [1.29, 1.82) is 0 Å². The summed E-state index contributed by atoms with van der Waals surface area (Å²) in [6, 6.07) is -0.932. The van der Waals surface area contributed by atoms with Crippen LogP contribution in [-0.4, -0.2) is 54.4 Å². The molecule has 2 atom stereocenters. The second-order valence-corrected chi connectivity index (χ2v) is 4.13. The number of carbonyl (C=O) groups is 2. The highest BCUT2D eigenvalue weighted by atomic mass is 32.2. The zero-order valence-corrected chi connectivity index (χ0v) is 9.17. The Balaban J connectivity index is 2.36. The van der Waals surface area contributed by atoms with Crippen molar-refractivity contribution in [2.45, 2.75) is 12.1 Å². The summed E-state index contributed by atoms with van der Waals surface area (Å²) in [6.07, 6.45) is 0. The number of hydrogen-bond acceptors (Lipinski definition) is 5. The number of rotatable bonds is 5. The lowest BCUT2D eigenvalue weighted by Gasteiger charge is -2.17. The molecule has 7 heteroatoms. The molecule has 86 valence electrons. The Morgan fingerprint density at radius 3 is 3.07 bits per heavy atom. The third-order valence-corrected chi connectivity index (χ3v) is 2.80. The summed E-state index contributed by atoms with van der Waals surface area (Å²) in [5, 5.41) is 13.8. The van der Waals surface area contributed by atoms with Gasteiger partial charge in [-0.1, -0.05) is 11.8 Å². The standard InChI is InChI=1S/C8H14N2O4S/c1-14-3-5(2-11)9-7(12)6-4-15-8(13)10-6/h5-6,11H,2-4H2,1H3,(H,9,12)(H,10,13). The second kappa shape index (κ2) is 5.94. The molecule has 15 heavy (non-hydrogen) atoms. The van der Waals surface area contributed by atoms with E-state index in [9.17, 15) is 9.59 Å². The van der Waals surface area contributed by atoms with Crippen LogP contribution in [-0.2, 0) is 9.53 Å². The molecule has 0 aromatic rings. The van der Waals surface area contributed by atoms with Crippen LogP contribution in [0.15, 0.2) is 0 Å². The molecule has 1 aliphatic rings. The Morgan fingerprint density at radius 1 is 1.87 bits per heavy atom. The predicted octanol–water partition coefficient (Wildman–Crippen LogP) is -1.07. The molecule has 2 unspecified atom stereocenters. The number of amides is 2. The van der Waals surface area contributed by atoms with Crippen molar-refractivity contribution >= 4 is 22.9 Å². The molecule has 0 radical (unpaired) electrons. The van der Waals surface area contributed by atoms with Crippen molar-refractivity contribution in [3.63, 3.8) is 0 Å². The Hall–Kier alpha value is -0.790. The molecule has 0 bridgehead atoms. The van der Waals surface area contributed by atoms with E-state index in [2.05, 4.69) is 10.6 Å². The fraction of sp³-hybridized carbons (Fsp3) is 0.750. The maximum Gasteiger partial charge on any atom is 0.279 e. The molecule has 0 aromatic heterocycles. The first-order chi connectivity index (χ1) is 7.17. The summed E-state index contributed by atoms with van der Waals surface area (Å²) in [5.74, 6) is 0.139. The summed E-state index contributed by atoms with van der Waals surface area (Å²) in [6.45, 7) is 0.0590. The van der Waals surface area contributed by atoms with E-state index in [4.69, 9.17) is 9.84 Å². The summed E-state index contributed by atoms with van der Waals surface area (Å²) in [7, 11) is 1.49. The Bertz CT molecular complexity index is 249. The van der Waals surface area contributed by atoms with Crippen LogP contribution in [0.4, 0.5) is 4.79 Å². The molecule has 0 aromatic carbocycles. The summed E-state index contributed by atoms with van der Waals surface area (Å²) in [4.78, 5) is 22.4. The van der Waals surface area contributed by atoms with Crippen LogP contribution < -0.4 is 10.6 Å². The van der Waals surface area contributed by atoms with Crippen molar-refractivity contribution in [3.05, 3.63) is 0 Å². The number of methoxy groups -OCH3 is 1. The summed E-state index contributed by atoms with van der Waals surface area (Å²) >= 11 is 1.08. The minimum Gasteiger partial charge on any atom is -0.394 e. The largest absolute Gasteiger partial charge is 0.394 e. The Kier molecular flexibility index (Phi) is 4.86. The maximum atomic E-state index is 11.5. The smallest absolute Gasteiger partial charge is 0.279 e. The van der Waals surface area contributed by atoms with Crippen molar-refractivity contribution in [3.8, 4) is 0 Å². The highest BCUT2D eigenvalue weighted by Gasteiger charge is 2.28. The molecule has 1 saturated heterocycles. The van der Waals surface area contributed by atoms with E-state index >= 15 is 0 Å². The molecule has 0 spiro atoms. The van der Waals surface area contributed by atoms with Gasteiger partial charge in [-0.05, 0) is 0 Å². The number of carbonyl (C=O) groups excluding carboxylic acids is 2. The van der Waals surface area contributed by atoms with Crippen molar-refractivity contribution in [2.24, 2.45) is 0 Å². The van der Waals surface area contributed by atoms with Gasteiger partial charge in [0.25, 0.3) is 5.24 Å². The van der Waals surface area contributed by atoms with Crippen LogP contribution in [0.3, 0.4) is 0 Å². The minimum atomic E-state index is -0.506. The number of thioether (sulfide) groups is 1. The average molecular weight is 234 g/mol. The summed E-state index contributed by atoms with van der Waals surface area (Å²) in [5.41, 5.74) is 0. The van der Waals surface area contributed by atoms with E-state index < -0.39 is 12.1 Å². The highest BCUT2D eigenvalue weighted by Crippen LogP contribution is 2.12. The molecule has 0 aliphatic carbocycles. The lowest BCUT2D eigenvalue weighted by molar-refractivity contribution is -0.123. The molecular weight excluding hydrogens is 220 g/mol.